The topological polar surface area (TPSA) is 61.3 Å². The summed E-state index contributed by atoms with van der Waals surface area (Å²) in [7, 11) is 0. The fourth-order valence-electron chi connectivity index (χ4n) is 0.440. The first-order valence-corrected chi connectivity index (χ1v) is 3.67. The van der Waals surface area contributed by atoms with Gasteiger partial charge in [0.25, 0.3) is 0 Å². The minimum atomic E-state index is 0.498. The smallest absolute Gasteiger partial charge is 0.137 e. The summed E-state index contributed by atoms with van der Waals surface area (Å²) < 4.78 is 5.55. The molecule has 0 saturated carbocycles. The van der Waals surface area contributed by atoms with E-state index in [9.17, 15) is 0 Å². The number of nitrogens with two attached hydrogens (primary N) is 2. The van der Waals surface area contributed by atoms with Gasteiger partial charge < -0.3 is 16.2 Å². The van der Waals surface area contributed by atoms with Crippen molar-refractivity contribution >= 4 is 15.9 Å². The Morgan fingerprint density at radius 3 is 2.60 bits per heavy atom. The molecule has 0 aliphatic carbocycles. The summed E-state index contributed by atoms with van der Waals surface area (Å²) in [6.07, 6.45) is 2.96. The number of ether oxygens (including phenoxy) is 1. The van der Waals surface area contributed by atoms with Gasteiger partial charge >= 0.3 is 0 Å². The predicted molar refractivity (Wildman–Crippen MR) is 45.1 cm³/mol. The Balaban J connectivity index is 3.98. The van der Waals surface area contributed by atoms with Crippen molar-refractivity contribution in [1.82, 2.24) is 0 Å². The molecule has 0 atom stereocenters. The SMILES string of the molecule is CCOC(/C=C(\N)Br)=C/N. The van der Waals surface area contributed by atoms with E-state index in [1.54, 1.807) is 6.08 Å². The highest BCUT2D eigenvalue weighted by molar-refractivity contribution is 9.11. The number of rotatable bonds is 3. The molecule has 0 heterocycles. The lowest BCUT2D eigenvalue weighted by Crippen LogP contribution is -1.95. The van der Waals surface area contributed by atoms with Crippen LogP contribution in [0.5, 0.6) is 0 Å². The van der Waals surface area contributed by atoms with Gasteiger partial charge in [-0.05, 0) is 22.9 Å². The zero-order valence-corrected chi connectivity index (χ0v) is 7.39. The Kier molecular flexibility index (Phi) is 4.84. The van der Waals surface area contributed by atoms with Crippen LogP contribution in [0.4, 0.5) is 0 Å². The van der Waals surface area contributed by atoms with Crippen LogP contribution in [0.15, 0.2) is 22.6 Å². The van der Waals surface area contributed by atoms with E-state index in [2.05, 4.69) is 15.9 Å². The molecule has 10 heavy (non-hydrogen) atoms. The van der Waals surface area contributed by atoms with Gasteiger partial charge in [0.2, 0.25) is 0 Å². The number of halogens is 1. The third kappa shape index (κ3) is 4.26. The Labute approximate surface area is 68.8 Å². The quantitative estimate of drug-likeness (QED) is 0.412. The molecule has 0 spiro atoms. The fraction of sp³-hybridized carbons (Fsp3) is 0.333. The molecule has 0 aliphatic rings. The predicted octanol–water partition coefficient (Wildman–Crippen LogP) is 1.02. The van der Waals surface area contributed by atoms with E-state index in [1.165, 1.54) is 6.20 Å². The second-order valence-electron chi connectivity index (χ2n) is 1.53. The molecule has 0 saturated heterocycles. The van der Waals surface area contributed by atoms with E-state index < -0.39 is 0 Å². The van der Waals surface area contributed by atoms with Crippen LogP contribution in [0.3, 0.4) is 0 Å². The molecule has 0 unspecified atom stereocenters. The zero-order valence-electron chi connectivity index (χ0n) is 5.80. The van der Waals surface area contributed by atoms with Crippen molar-refractivity contribution in [1.29, 1.82) is 0 Å². The van der Waals surface area contributed by atoms with Gasteiger partial charge in [-0.3, -0.25) is 0 Å². The highest BCUT2D eigenvalue weighted by Gasteiger charge is 1.89. The van der Waals surface area contributed by atoms with Crippen molar-refractivity contribution < 1.29 is 4.74 Å². The fourth-order valence-corrected chi connectivity index (χ4v) is 0.666. The molecule has 0 aliphatic heterocycles. The third-order valence-corrected chi connectivity index (χ3v) is 0.984. The molecule has 0 radical (unpaired) electrons. The minimum absolute atomic E-state index is 0.498. The van der Waals surface area contributed by atoms with E-state index in [0.717, 1.165) is 0 Å². The molecule has 3 nitrogen and oxygen atoms in total. The highest BCUT2D eigenvalue weighted by atomic mass is 79.9. The van der Waals surface area contributed by atoms with Gasteiger partial charge in [-0.2, -0.15) is 0 Å². The molecular weight excluding hydrogens is 196 g/mol. The van der Waals surface area contributed by atoms with E-state index in [1.807, 2.05) is 6.92 Å². The van der Waals surface area contributed by atoms with Crippen LogP contribution in [0.25, 0.3) is 0 Å². The first-order chi connectivity index (χ1) is 4.70. The molecule has 0 fully saturated rings. The van der Waals surface area contributed by atoms with Gasteiger partial charge in [0, 0.05) is 12.3 Å². The average Bonchev–Trinajstić information content (AvgIpc) is 1.86. The highest BCUT2D eigenvalue weighted by Crippen LogP contribution is 2.03. The molecule has 4 heteroatoms. The largest absolute Gasteiger partial charge is 0.492 e. The summed E-state index contributed by atoms with van der Waals surface area (Å²) >= 11 is 3.05. The molecule has 4 N–H and O–H groups in total. The maximum atomic E-state index is 5.30. The average molecular weight is 207 g/mol. The second-order valence-corrected chi connectivity index (χ2v) is 2.45. The Bertz CT molecular complexity index is 150. The summed E-state index contributed by atoms with van der Waals surface area (Å²) in [5, 5.41) is 0. The van der Waals surface area contributed by atoms with E-state index in [-0.39, 0.29) is 0 Å². The lowest BCUT2D eigenvalue weighted by Gasteiger charge is -2.01. The van der Waals surface area contributed by atoms with Gasteiger partial charge in [-0.25, -0.2) is 0 Å². The van der Waals surface area contributed by atoms with Crippen LogP contribution in [-0.2, 0) is 4.74 Å². The van der Waals surface area contributed by atoms with Crippen molar-refractivity contribution in [2.45, 2.75) is 6.92 Å². The Hall–Kier alpha value is -0.640. The van der Waals surface area contributed by atoms with Crippen LogP contribution in [0.1, 0.15) is 6.92 Å². The Morgan fingerprint density at radius 1 is 1.70 bits per heavy atom. The van der Waals surface area contributed by atoms with Crippen molar-refractivity contribution in [3.05, 3.63) is 22.6 Å². The van der Waals surface area contributed by atoms with Crippen molar-refractivity contribution in [2.24, 2.45) is 11.5 Å². The maximum absolute atomic E-state index is 5.30. The molecule has 58 valence electrons. The van der Waals surface area contributed by atoms with Gasteiger partial charge in [-0.1, -0.05) is 0 Å². The van der Waals surface area contributed by atoms with Gasteiger partial charge in [-0.15, -0.1) is 0 Å². The summed E-state index contributed by atoms with van der Waals surface area (Å²) in [5.74, 6) is 0.567. The monoisotopic (exact) mass is 206 g/mol. The van der Waals surface area contributed by atoms with E-state index in [0.29, 0.717) is 17.0 Å². The summed E-state index contributed by atoms with van der Waals surface area (Å²) in [6.45, 7) is 2.46. The van der Waals surface area contributed by atoms with Crippen LogP contribution in [0, 0.1) is 0 Å². The first kappa shape index (κ1) is 9.36. The molecular formula is C6H11BrN2O. The normalized spacial score (nSPS) is 13.4. The second kappa shape index (κ2) is 5.17. The van der Waals surface area contributed by atoms with Gasteiger partial charge in [0.05, 0.1) is 11.2 Å². The van der Waals surface area contributed by atoms with Crippen LogP contribution in [0.2, 0.25) is 0 Å². The third-order valence-electron chi connectivity index (χ3n) is 0.755. The van der Waals surface area contributed by atoms with Crippen molar-refractivity contribution in [3.8, 4) is 0 Å². The lowest BCUT2D eigenvalue weighted by atomic mass is 10.5. The van der Waals surface area contributed by atoms with Crippen LogP contribution < -0.4 is 11.5 Å². The molecule has 0 aromatic carbocycles. The van der Waals surface area contributed by atoms with Crippen LogP contribution in [-0.4, -0.2) is 6.61 Å². The summed E-state index contributed by atoms with van der Waals surface area (Å²) in [6, 6.07) is 0. The number of hydrogen-bond donors (Lipinski definition) is 2. The number of hydrogen-bond acceptors (Lipinski definition) is 3. The van der Waals surface area contributed by atoms with Crippen molar-refractivity contribution in [3.63, 3.8) is 0 Å². The number of allylic oxidation sites excluding steroid dienone is 1. The van der Waals surface area contributed by atoms with Gasteiger partial charge in [0.15, 0.2) is 0 Å². The van der Waals surface area contributed by atoms with E-state index in [4.69, 9.17) is 16.2 Å². The molecule has 0 bridgehead atoms. The molecule has 0 aromatic heterocycles. The lowest BCUT2D eigenvalue weighted by molar-refractivity contribution is 0.241. The summed E-state index contributed by atoms with van der Waals surface area (Å²) in [4.78, 5) is 0. The molecule has 0 aromatic rings. The first-order valence-electron chi connectivity index (χ1n) is 2.88. The summed E-state index contributed by atoms with van der Waals surface area (Å²) in [5.41, 5.74) is 10.5. The van der Waals surface area contributed by atoms with Gasteiger partial charge in [0.1, 0.15) is 5.76 Å². The van der Waals surface area contributed by atoms with E-state index >= 15 is 0 Å². The maximum Gasteiger partial charge on any atom is 0.137 e. The molecule has 0 rings (SSSR count). The van der Waals surface area contributed by atoms with Crippen molar-refractivity contribution in [2.75, 3.05) is 6.61 Å². The van der Waals surface area contributed by atoms with Crippen LogP contribution >= 0.6 is 15.9 Å². The minimum Gasteiger partial charge on any atom is -0.492 e. The zero-order chi connectivity index (χ0) is 7.98. The molecule has 0 amide bonds. The Morgan fingerprint density at radius 2 is 2.30 bits per heavy atom. The standard InChI is InChI=1S/C6H11BrN2O/c1-2-10-5(4-8)3-6(7)9/h3-4H,2,8-9H2,1H3/b5-4+,6-3-.